The summed E-state index contributed by atoms with van der Waals surface area (Å²) in [4.78, 5) is 0. The molecule has 0 saturated heterocycles. The first-order chi connectivity index (χ1) is 4.34. The van der Waals surface area contributed by atoms with Crippen LogP contribution in [0.4, 0.5) is 0 Å². The molecule has 0 unspecified atom stereocenters. The van der Waals surface area contributed by atoms with Crippen LogP contribution in [0.25, 0.3) is 0 Å². The summed E-state index contributed by atoms with van der Waals surface area (Å²) in [7, 11) is 0. The van der Waals surface area contributed by atoms with Crippen LogP contribution in [0.15, 0.2) is 16.7 Å². The monoisotopic (exact) mass is 142 g/mol. The second-order valence-corrected chi connectivity index (χ2v) is 1.75. The fraction of sp³-hybridized carbons (Fsp3) is 0.167. The van der Waals surface area contributed by atoms with Crippen LogP contribution in [-0.4, -0.2) is 5.55 Å². The van der Waals surface area contributed by atoms with Gasteiger partial charge in [0.15, 0.2) is 11.3 Å². The van der Waals surface area contributed by atoms with Gasteiger partial charge in [0.2, 0.25) is 0 Å². The third-order valence-corrected chi connectivity index (χ3v) is 1.08. The lowest BCUT2D eigenvalue weighted by molar-refractivity contribution is 0.500. The van der Waals surface area contributed by atoms with Crippen molar-refractivity contribution in [2.75, 3.05) is 0 Å². The maximum absolute atomic E-state index is 4.93. The second kappa shape index (κ2) is 2.64. The van der Waals surface area contributed by atoms with Gasteiger partial charge in [-0.15, -0.1) is 0 Å². The Balaban J connectivity index is 2.80. The molecule has 0 radical (unpaired) electrons. The lowest BCUT2D eigenvalue weighted by Crippen LogP contribution is -1.84. The van der Waals surface area contributed by atoms with E-state index in [9.17, 15) is 0 Å². The molecule has 0 aliphatic rings. The standard InChI is InChI=1S/C6H6O2S/c1-5-6(8-4-9)2-3-7-5/h2-4H,1H3. The van der Waals surface area contributed by atoms with Crippen LogP contribution >= 0.6 is 12.2 Å². The van der Waals surface area contributed by atoms with Crippen LogP contribution in [0.2, 0.25) is 0 Å². The number of hydrogen-bond acceptors (Lipinski definition) is 3. The fourth-order valence-electron chi connectivity index (χ4n) is 0.547. The smallest absolute Gasteiger partial charge is 0.168 e. The summed E-state index contributed by atoms with van der Waals surface area (Å²) in [5.74, 6) is 1.43. The average molecular weight is 142 g/mol. The summed E-state index contributed by atoms with van der Waals surface area (Å²) in [5, 5.41) is 0. The molecule has 0 bridgehead atoms. The van der Waals surface area contributed by atoms with Gasteiger partial charge in [-0.2, -0.15) is 0 Å². The van der Waals surface area contributed by atoms with E-state index in [4.69, 9.17) is 9.15 Å². The molecule has 0 spiro atoms. The predicted octanol–water partition coefficient (Wildman–Crippen LogP) is 1.92. The summed E-state index contributed by atoms with van der Waals surface area (Å²) in [6.07, 6.45) is 1.56. The molecule has 48 valence electrons. The van der Waals surface area contributed by atoms with E-state index in [1.807, 2.05) is 6.92 Å². The molecular formula is C6H6O2S. The SMILES string of the molecule is Cc1occc1OC=S. The lowest BCUT2D eigenvalue weighted by atomic mass is 10.5. The van der Waals surface area contributed by atoms with Gasteiger partial charge in [-0.05, 0) is 19.1 Å². The molecular weight excluding hydrogens is 136 g/mol. The summed E-state index contributed by atoms with van der Waals surface area (Å²) in [6.45, 7) is 1.81. The van der Waals surface area contributed by atoms with E-state index in [2.05, 4.69) is 12.2 Å². The van der Waals surface area contributed by atoms with Gasteiger partial charge in [0, 0.05) is 6.07 Å². The third-order valence-electron chi connectivity index (χ3n) is 0.986. The zero-order valence-corrected chi connectivity index (χ0v) is 5.77. The Morgan fingerprint density at radius 1 is 1.78 bits per heavy atom. The van der Waals surface area contributed by atoms with Crippen molar-refractivity contribution < 1.29 is 9.15 Å². The zero-order valence-electron chi connectivity index (χ0n) is 4.96. The first kappa shape index (κ1) is 6.29. The lowest BCUT2D eigenvalue weighted by Gasteiger charge is -1.91. The Kier molecular flexibility index (Phi) is 1.85. The van der Waals surface area contributed by atoms with Gasteiger partial charge in [0.1, 0.15) is 5.76 Å². The highest BCUT2D eigenvalue weighted by molar-refractivity contribution is 7.78. The minimum absolute atomic E-state index is 0.685. The van der Waals surface area contributed by atoms with Crippen molar-refractivity contribution in [1.82, 2.24) is 0 Å². The normalized spacial score (nSPS) is 9.00. The number of rotatable bonds is 2. The number of furan rings is 1. The van der Waals surface area contributed by atoms with Crippen LogP contribution in [-0.2, 0) is 0 Å². The van der Waals surface area contributed by atoms with E-state index >= 15 is 0 Å². The van der Waals surface area contributed by atoms with Crippen LogP contribution in [0.5, 0.6) is 5.75 Å². The molecule has 2 nitrogen and oxygen atoms in total. The van der Waals surface area contributed by atoms with Gasteiger partial charge in [-0.3, -0.25) is 0 Å². The average Bonchev–Trinajstić information content (AvgIpc) is 2.18. The Morgan fingerprint density at radius 3 is 3.00 bits per heavy atom. The summed E-state index contributed by atoms with van der Waals surface area (Å²) in [6, 6.07) is 1.72. The summed E-state index contributed by atoms with van der Waals surface area (Å²) in [5.41, 5.74) is 1.21. The van der Waals surface area contributed by atoms with Gasteiger partial charge >= 0.3 is 0 Å². The molecule has 1 aromatic rings. The minimum atomic E-state index is 0.685. The molecule has 9 heavy (non-hydrogen) atoms. The largest absolute Gasteiger partial charge is 0.466 e. The van der Waals surface area contributed by atoms with Crippen molar-refractivity contribution in [3.8, 4) is 5.75 Å². The molecule has 0 aliphatic carbocycles. The topological polar surface area (TPSA) is 22.4 Å². The van der Waals surface area contributed by atoms with Gasteiger partial charge in [-0.25, -0.2) is 0 Å². The number of aryl methyl sites for hydroxylation is 1. The molecule has 0 atom stereocenters. The molecule has 0 fully saturated rings. The summed E-state index contributed by atoms with van der Waals surface area (Å²) >= 11 is 4.47. The fourth-order valence-corrected chi connectivity index (χ4v) is 0.651. The Morgan fingerprint density at radius 2 is 2.56 bits per heavy atom. The van der Waals surface area contributed by atoms with Gasteiger partial charge in [-0.1, -0.05) is 0 Å². The molecule has 0 saturated carbocycles. The van der Waals surface area contributed by atoms with Crippen molar-refractivity contribution in [2.45, 2.75) is 6.92 Å². The van der Waals surface area contributed by atoms with Crippen molar-refractivity contribution in [3.05, 3.63) is 18.1 Å². The van der Waals surface area contributed by atoms with Gasteiger partial charge < -0.3 is 9.15 Å². The van der Waals surface area contributed by atoms with Gasteiger partial charge in [0.05, 0.1) is 6.26 Å². The van der Waals surface area contributed by atoms with E-state index in [0.717, 1.165) is 5.76 Å². The van der Waals surface area contributed by atoms with E-state index in [1.165, 1.54) is 5.55 Å². The highest BCUT2D eigenvalue weighted by Gasteiger charge is 1.97. The summed E-state index contributed by atoms with van der Waals surface area (Å²) < 4.78 is 9.80. The Labute approximate surface area is 58.4 Å². The second-order valence-electron chi connectivity index (χ2n) is 1.56. The molecule has 3 heteroatoms. The van der Waals surface area contributed by atoms with E-state index in [0.29, 0.717) is 5.75 Å². The zero-order chi connectivity index (χ0) is 6.69. The number of thiocarbonyl (C=S) groups is 1. The molecule has 1 aromatic heterocycles. The highest BCUT2D eigenvalue weighted by Crippen LogP contribution is 2.16. The molecule has 0 aromatic carbocycles. The predicted molar refractivity (Wildman–Crippen MR) is 37.7 cm³/mol. The molecule has 0 N–H and O–H groups in total. The molecule has 0 aliphatic heterocycles. The van der Waals surface area contributed by atoms with Crippen LogP contribution < -0.4 is 4.74 Å². The molecule has 1 rings (SSSR count). The molecule has 1 heterocycles. The van der Waals surface area contributed by atoms with Gasteiger partial charge in [0.25, 0.3) is 0 Å². The van der Waals surface area contributed by atoms with E-state index in [-0.39, 0.29) is 0 Å². The first-order valence-electron chi connectivity index (χ1n) is 2.49. The maximum Gasteiger partial charge on any atom is 0.168 e. The molecule has 0 amide bonds. The van der Waals surface area contributed by atoms with Crippen molar-refractivity contribution in [3.63, 3.8) is 0 Å². The van der Waals surface area contributed by atoms with Crippen molar-refractivity contribution in [2.24, 2.45) is 0 Å². The maximum atomic E-state index is 4.93. The van der Waals surface area contributed by atoms with E-state index in [1.54, 1.807) is 12.3 Å². The number of ether oxygens (including phenoxy) is 1. The Bertz CT molecular complexity index is 205. The van der Waals surface area contributed by atoms with Crippen molar-refractivity contribution in [1.29, 1.82) is 0 Å². The van der Waals surface area contributed by atoms with Crippen LogP contribution in [0.1, 0.15) is 5.76 Å². The highest BCUT2D eigenvalue weighted by atomic mass is 32.1. The third kappa shape index (κ3) is 1.29. The quantitative estimate of drug-likeness (QED) is 0.589. The minimum Gasteiger partial charge on any atom is -0.466 e. The Hall–Kier alpha value is -0.830. The van der Waals surface area contributed by atoms with E-state index < -0.39 is 0 Å². The van der Waals surface area contributed by atoms with Crippen LogP contribution in [0, 0.1) is 6.92 Å². The van der Waals surface area contributed by atoms with Crippen molar-refractivity contribution >= 4 is 17.8 Å². The number of hydrogen-bond donors (Lipinski definition) is 0. The van der Waals surface area contributed by atoms with Crippen LogP contribution in [0.3, 0.4) is 0 Å². The first-order valence-corrected chi connectivity index (χ1v) is 2.96.